The van der Waals surface area contributed by atoms with Gasteiger partial charge >= 0.3 is 0 Å². The van der Waals surface area contributed by atoms with Crippen molar-refractivity contribution in [1.29, 1.82) is 0 Å². The normalized spacial score (nSPS) is 15.9. The van der Waals surface area contributed by atoms with Crippen LogP contribution in [0, 0.1) is 0 Å². The molecule has 54 valence electrons. The van der Waals surface area contributed by atoms with E-state index in [1.807, 2.05) is 6.34 Å². The number of rotatable bonds is 2. The second-order valence-electron chi connectivity index (χ2n) is 2.06. The van der Waals surface area contributed by atoms with Crippen molar-refractivity contribution >= 4 is 23.3 Å². The summed E-state index contributed by atoms with van der Waals surface area (Å²) in [5, 5.41) is 0. The molecular weight excluding hydrogens is 180 g/mol. The molecule has 1 aliphatic heterocycles. The minimum Gasteiger partial charge on any atom is -0.361 e. The molecule has 0 atom stereocenters. The van der Waals surface area contributed by atoms with Gasteiger partial charge in [-0.05, 0) is 6.42 Å². The lowest BCUT2D eigenvalue weighted by Gasteiger charge is -2.10. The standard InChI is InChI=1S/C6H12N2.BrH/c1-2-4-8-5-3-7-6-8;/h6H,2-5H2,1H3;1H. The van der Waals surface area contributed by atoms with Crippen LogP contribution in [0.15, 0.2) is 4.99 Å². The van der Waals surface area contributed by atoms with Crippen LogP contribution in [0.1, 0.15) is 13.3 Å². The first-order valence-corrected chi connectivity index (χ1v) is 3.17. The molecule has 0 aromatic carbocycles. The molecule has 0 aliphatic carbocycles. The summed E-state index contributed by atoms with van der Waals surface area (Å²) in [6, 6.07) is 0. The third kappa shape index (κ3) is 2.84. The molecule has 0 unspecified atom stereocenters. The Morgan fingerprint density at radius 1 is 1.67 bits per heavy atom. The highest BCUT2D eigenvalue weighted by Crippen LogP contribution is 1.92. The van der Waals surface area contributed by atoms with Crippen molar-refractivity contribution in [3.63, 3.8) is 0 Å². The van der Waals surface area contributed by atoms with E-state index in [1.165, 1.54) is 13.0 Å². The van der Waals surface area contributed by atoms with Crippen LogP contribution in [-0.2, 0) is 0 Å². The Morgan fingerprint density at radius 3 is 2.89 bits per heavy atom. The Morgan fingerprint density at radius 2 is 2.44 bits per heavy atom. The first kappa shape index (κ1) is 8.95. The highest BCUT2D eigenvalue weighted by Gasteiger charge is 2.00. The van der Waals surface area contributed by atoms with Gasteiger partial charge in [-0.1, -0.05) is 6.92 Å². The smallest absolute Gasteiger partial charge is 0.0851 e. The molecule has 0 fully saturated rings. The van der Waals surface area contributed by atoms with Crippen molar-refractivity contribution in [3.8, 4) is 0 Å². The second kappa shape index (κ2) is 4.79. The molecule has 0 saturated carbocycles. The van der Waals surface area contributed by atoms with Gasteiger partial charge in [-0.25, -0.2) is 0 Å². The van der Waals surface area contributed by atoms with E-state index in [1.54, 1.807) is 0 Å². The zero-order valence-electron chi connectivity index (χ0n) is 5.71. The average Bonchev–Trinajstić information content (AvgIpc) is 2.19. The Balaban J connectivity index is 0.000000640. The molecule has 1 heterocycles. The number of hydrogen-bond donors (Lipinski definition) is 0. The molecule has 3 heteroatoms. The van der Waals surface area contributed by atoms with Gasteiger partial charge in [0.05, 0.1) is 12.9 Å². The van der Waals surface area contributed by atoms with Crippen LogP contribution in [0.2, 0.25) is 0 Å². The molecule has 0 saturated heterocycles. The third-order valence-electron chi connectivity index (χ3n) is 1.27. The highest BCUT2D eigenvalue weighted by atomic mass is 79.9. The highest BCUT2D eigenvalue weighted by molar-refractivity contribution is 8.93. The molecule has 0 aromatic heterocycles. The molecule has 1 rings (SSSR count). The summed E-state index contributed by atoms with van der Waals surface area (Å²) < 4.78 is 0. The summed E-state index contributed by atoms with van der Waals surface area (Å²) in [6.45, 7) is 5.49. The summed E-state index contributed by atoms with van der Waals surface area (Å²) in [5.74, 6) is 0. The Bertz CT molecular complexity index is 93.1. The van der Waals surface area contributed by atoms with Gasteiger partial charge in [0, 0.05) is 13.1 Å². The van der Waals surface area contributed by atoms with Crippen LogP contribution in [-0.4, -0.2) is 30.9 Å². The Labute approximate surface area is 66.7 Å². The molecule has 0 N–H and O–H groups in total. The zero-order chi connectivity index (χ0) is 5.82. The van der Waals surface area contributed by atoms with Crippen LogP contribution in [0.3, 0.4) is 0 Å². The molecule has 0 aromatic rings. The predicted octanol–water partition coefficient (Wildman–Crippen LogP) is 1.32. The summed E-state index contributed by atoms with van der Waals surface area (Å²) in [5.41, 5.74) is 0. The second-order valence-corrected chi connectivity index (χ2v) is 2.06. The molecule has 0 radical (unpaired) electrons. The van der Waals surface area contributed by atoms with Gasteiger partial charge in [0.1, 0.15) is 0 Å². The third-order valence-corrected chi connectivity index (χ3v) is 1.27. The predicted molar refractivity (Wildman–Crippen MR) is 45.5 cm³/mol. The van der Waals surface area contributed by atoms with Crippen molar-refractivity contribution in [2.24, 2.45) is 4.99 Å². The van der Waals surface area contributed by atoms with E-state index in [9.17, 15) is 0 Å². The van der Waals surface area contributed by atoms with Gasteiger partial charge in [-0.3, -0.25) is 4.99 Å². The maximum absolute atomic E-state index is 4.08. The summed E-state index contributed by atoms with van der Waals surface area (Å²) >= 11 is 0. The molecule has 1 aliphatic rings. The zero-order valence-corrected chi connectivity index (χ0v) is 7.42. The average molecular weight is 193 g/mol. The lowest BCUT2D eigenvalue weighted by Crippen LogP contribution is -2.19. The van der Waals surface area contributed by atoms with Crippen molar-refractivity contribution in [1.82, 2.24) is 4.90 Å². The number of halogens is 1. The van der Waals surface area contributed by atoms with Gasteiger partial charge < -0.3 is 4.90 Å². The number of aliphatic imine (C=N–C) groups is 1. The molecule has 0 bridgehead atoms. The van der Waals surface area contributed by atoms with E-state index in [0.29, 0.717) is 0 Å². The Hall–Kier alpha value is -0.0500. The van der Waals surface area contributed by atoms with Gasteiger partial charge in [0.15, 0.2) is 0 Å². The van der Waals surface area contributed by atoms with Crippen LogP contribution in [0.4, 0.5) is 0 Å². The van der Waals surface area contributed by atoms with Gasteiger partial charge in [-0.2, -0.15) is 0 Å². The van der Waals surface area contributed by atoms with Gasteiger partial charge in [0.2, 0.25) is 0 Å². The molecule has 2 nitrogen and oxygen atoms in total. The van der Waals surface area contributed by atoms with Crippen molar-refractivity contribution in [2.75, 3.05) is 19.6 Å². The first-order chi connectivity index (χ1) is 3.93. The monoisotopic (exact) mass is 192 g/mol. The summed E-state index contributed by atoms with van der Waals surface area (Å²) in [4.78, 5) is 6.33. The van der Waals surface area contributed by atoms with E-state index >= 15 is 0 Å². The summed E-state index contributed by atoms with van der Waals surface area (Å²) in [7, 11) is 0. The topological polar surface area (TPSA) is 15.6 Å². The fourth-order valence-electron chi connectivity index (χ4n) is 0.874. The van der Waals surface area contributed by atoms with Crippen molar-refractivity contribution in [3.05, 3.63) is 0 Å². The maximum Gasteiger partial charge on any atom is 0.0851 e. The van der Waals surface area contributed by atoms with Crippen molar-refractivity contribution < 1.29 is 0 Å². The molecular formula is C6H13BrN2. The largest absolute Gasteiger partial charge is 0.361 e. The minimum absolute atomic E-state index is 0. The van der Waals surface area contributed by atoms with E-state index < -0.39 is 0 Å². The van der Waals surface area contributed by atoms with E-state index in [-0.39, 0.29) is 17.0 Å². The van der Waals surface area contributed by atoms with Gasteiger partial charge in [0.25, 0.3) is 0 Å². The number of hydrogen-bond acceptors (Lipinski definition) is 2. The molecule has 0 amide bonds. The maximum atomic E-state index is 4.08. The summed E-state index contributed by atoms with van der Waals surface area (Å²) in [6.07, 6.45) is 3.18. The molecule has 9 heavy (non-hydrogen) atoms. The van der Waals surface area contributed by atoms with Crippen molar-refractivity contribution in [2.45, 2.75) is 13.3 Å². The SMILES string of the molecule is Br.CCCN1C=NCC1. The van der Waals surface area contributed by atoms with E-state index in [0.717, 1.165) is 13.1 Å². The Kier molecular flexibility index (Phi) is 4.77. The number of nitrogens with zero attached hydrogens (tertiary/aromatic N) is 2. The quantitative estimate of drug-likeness (QED) is 0.645. The first-order valence-electron chi connectivity index (χ1n) is 3.17. The van der Waals surface area contributed by atoms with Crippen LogP contribution in [0.25, 0.3) is 0 Å². The lowest BCUT2D eigenvalue weighted by atomic mass is 10.4. The van der Waals surface area contributed by atoms with E-state index in [4.69, 9.17) is 0 Å². The fraction of sp³-hybridized carbons (Fsp3) is 0.833. The lowest BCUT2D eigenvalue weighted by molar-refractivity contribution is 0.466. The van der Waals surface area contributed by atoms with Crippen LogP contribution >= 0.6 is 17.0 Å². The van der Waals surface area contributed by atoms with Gasteiger partial charge in [-0.15, -0.1) is 17.0 Å². The van der Waals surface area contributed by atoms with Crippen LogP contribution < -0.4 is 0 Å². The fourth-order valence-corrected chi connectivity index (χ4v) is 0.874. The molecule has 0 spiro atoms. The van der Waals surface area contributed by atoms with Crippen LogP contribution in [0.5, 0.6) is 0 Å². The minimum atomic E-state index is 0. The van der Waals surface area contributed by atoms with E-state index in [2.05, 4.69) is 16.8 Å².